The van der Waals surface area contributed by atoms with E-state index in [4.69, 9.17) is 5.73 Å². The van der Waals surface area contributed by atoms with Crippen molar-refractivity contribution < 1.29 is 0 Å². The lowest BCUT2D eigenvalue weighted by atomic mass is 9.97. The van der Waals surface area contributed by atoms with Gasteiger partial charge in [0.15, 0.2) is 0 Å². The van der Waals surface area contributed by atoms with E-state index in [-0.39, 0.29) is 0 Å². The van der Waals surface area contributed by atoms with Crippen LogP contribution in [0.5, 0.6) is 0 Å². The molecule has 1 nitrogen and oxygen atoms in total. The van der Waals surface area contributed by atoms with Crippen molar-refractivity contribution in [3.05, 3.63) is 22.9 Å². The first-order chi connectivity index (χ1) is 5.89. The fourth-order valence-electron chi connectivity index (χ4n) is 1.36. The molecule has 1 aliphatic carbocycles. The first-order valence-electron chi connectivity index (χ1n) is 4.62. The second-order valence-corrected chi connectivity index (χ2v) is 4.01. The van der Waals surface area contributed by atoms with Crippen molar-refractivity contribution in [2.45, 2.75) is 38.1 Å². The average Bonchev–Trinajstić information content (AvgIpc) is 2.62. The van der Waals surface area contributed by atoms with Crippen LogP contribution in [-0.2, 0) is 0 Å². The van der Waals surface area contributed by atoms with Gasteiger partial charge >= 0.3 is 0 Å². The summed E-state index contributed by atoms with van der Waals surface area (Å²) in [5, 5.41) is 4.08. The van der Waals surface area contributed by atoms with Gasteiger partial charge in [0, 0.05) is 6.04 Å². The molecule has 2 heteroatoms. The molecule has 1 aromatic rings. The van der Waals surface area contributed by atoms with Crippen LogP contribution < -0.4 is 5.73 Å². The van der Waals surface area contributed by atoms with Gasteiger partial charge in [-0.3, -0.25) is 0 Å². The molecule has 1 saturated carbocycles. The standard InChI is InChI=1S/C6H13N.C4H4S/c7-6-4-2-1-3-5-6;1-2-4-5-3-1/h6H,1-5,7H2;1-4H. The number of nitrogens with two attached hydrogens (primary N) is 1. The highest BCUT2D eigenvalue weighted by molar-refractivity contribution is 7.07. The Morgan fingerprint density at radius 1 is 1.00 bits per heavy atom. The monoisotopic (exact) mass is 183 g/mol. The predicted octanol–water partition coefficient (Wildman–Crippen LogP) is 3.03. The van der Waals surface area contributed by atoms with Gasteiger partial charge in [-0.25, -0.2) is 0 Å². The Morgan fingerprint density at radius 2 is 1.58 bits per heavy atom. The summed E-state index contributed by atoms with van der Waals surface area (Å²) in [6.45, 7) is 0. The molecule has 2 rings (SSSR count). The first kappa shape index (κ1) is 9.75. The van der Waals surface area contributed by atoms with Crippen LogP contribution in [0.3, 0.4) is 0 Å². The van der Waals surface area contributed by atoms with Crippen LogP contribution in [0.25, 0.3) is 0 Å². The Morgan fingerprint density at radius 3 is 1.83 bits per heavy atom. The van der Waals surface area contributed by atoms with Gasteiger partial charge in [0.25, 0.3) is 0 Å². The molecule has 0 amide bonds. The zero-order chi connectivity index (χ0) is 8.65. The van der Waals surface area contributed by atoms with Crippen molar-refractivity contribution in [1.82, 2.24) is 0 Å². The molecule has 1 aromatic heterocycles. The molecule has 0 unspecified atom stereocenters. The Balaban J connectivity index is 0.000000127. The van der Waals surface area contributed by atoms with Gasteiger partial charge in [-0.2, -0.15) is 11.3 Å². The lowest BCUT2D eigenvalue weighted by Gasteiger charge is -2.15. The van der Waals surface area contributed by atoms with Crippen molar-refractivity contribution in [2.75, 3.05) is 0 Å². The van der Waals surface area contributed by atoms with Gasteiger partial charge < -0.3 is 5.73 Å². The summed E-state index contributed by atoms with van der Waals surface area (Å²) >= 11 is 1.71. The van der Waals surface area contributed by atoms with E-state index in [1.807, 2.05) is 22.9 Å². The first-order valence-corrected chi connectivity index (χ1v) is 5.56. The van der Waals surface area contributed by atoms with E-state index in [9.17, 15) is 0 Å². The quantitative estimate of drug-likeness (QED) is 0.657. The van der Waals surface area contributed by atoms with E-state index in [1.54, 1.807) is 11.3 Å². The molecule has 1 heterocycles. The molecule has 2 N–H and O–H groups in total. The summed E-state index contributed by atoms with van der Waals surface area (Å²) in [5.74, 6) is 0. The molecule has 68 valence electrons. The van der Waals surface area contributed by atoms with E-state index in [1.165, 1.54) is 32.1 Å². The third-order valence-corrected chi connectivity index (χ3v) is 2.70. The molecule has 0 bridgehead atoms. The Labute approximate surface area is 78.6 Å². The van der Waals surface area contributed by atoms with E-state index in [0.717, 1.165) is 0 Å². The van der Waals surface area contributed by atoms with Gasteiger partial charge in [0.2, 0.25) is 0 Å². The molecule has 0 aromatic carbocycles. The van der Waals surface area contributed by atoms with Crippen LogP contribution in [0.15, 0.2) is 22.9 Å². The second kappa shape index (κ2) is 6.21. The lowest BCUT2D eigenvalue weighted by Crippen LogP contribution is -2.22. The van der Waals surface area contributed by atoms with Crippen LogP contribution in [0, 0.1) is 0 Å². The molecular formula is C10H17NS. The van der Waals surface area contributed by atoms with Crippen molar-refractivity contribution in [3.8, 4) is 0 Å². The third-order valence-electron chi connectivity index (χ3n) is 2.08. The van der Waals surface area contributed by atoms with Crippen molar-refractivity contribution in [3.63, 3.8) is 0 Å². The van der Waals surface area contributed by atoms with Gasteiger partial charge in [-0.05, 0) is 23.6 Å². The zero-order valence-corrected chi connectivity index (χ0v) is 8.22. The van der Waals surface area contributed by atoms with Crippen molar-refractivity contribution in [1.29, 1.82) is 0 Å². The SMILES string of the molecule is NC1CCCCC1.c1ccsc1. The largest absolute Gasteiger partial charge is 0.328 e. The lowest BCUT2D eigenvalue weighted by molar-refractivity contribution is 0.441. The fourth-order valence-corrected chi connectivity index (χ4v) is 1.81. The summed E-state index contributed by atoms with van der Waals surface area (Å²) in [4.78, 5) is 0. The minimum Gasteiger partial charge on any atom is -0.328 e. The summed E-state index contributed by atoms with van der Waals surface area (Å²) in [7, 11) is 0. The van der Waals surface area contributed by atoms with Crippen LogP contribution in [-0.4, -0.2) is 6.04 Å². The van der Waals surface area contributed by atoms with E-state index in [2.05, 4.69) is 0 Å². The number of hydrogen-bond acceptors (Lipinski definition) is 2. The summed E-state index contributed by atoms with van der Waals surface area (Å²) in [6.07, 6.45) is 6.66. The van der Waals surface area contributed by atoms with Crippen LogP contribution >= 0.6 is 11.3 Å². The smallest absolute Gasteiger partial charge is 0.00388 e. The van der Waals surface area contributed by atoms with Gasteiger partial charge in [-0.1, -0.05) is 31.4 Å². The second-order valence-electron chi connectivity index (χ2n) is 3.19. The molecule has 12 heavy (non-hydrogen) atoms. The van der Waals surface area contributed by atoms with Gasteiger partial charge in [0.05, 0.1) is 0 Å². The Hall–Kier alpha value is -0.340. The Bertz CT molecular complexity index is 149. The van der Waals surface area contributed by atoms with E-state index >= 15 is 0 Å². The summed E-state index contributed by atoms with van der Waals surface area (Å²) in [5.41, 5.74) is 5.63. The molecule has 1 fully saturated rings. The van der Waals surface area contributed by atoms with E-state index in [0.29, 0.717) is 6.04 Å². The third kappa shape index (κ3) is 4.52. The summed E-state index contributed by atoms with van der Waals surface area (Å²) < 4.78 is 0. The molecular weight excluding hydrogens is 166 g/mol. The maximum Gasteiger partial charge on any atom is 0.00388 e. The van der Waals surface area contributed by atoms with Gasteiger partial charge in [-0.15, -0.1) is 0 Å². The molecule has 0 spiro atoms. The number of thiophene rings is 1. The van der Waals surface area contributed by atoms with Crippen LogP contribution in [0.1, 0.15) is 32.1 Å². The zero-order valence-electron chi connectivity index (χ0n) is 7.41. The highest BCUT2D eigenvalue weighted by Gasteiger charge is 2.06. The molecule has 1 aliphatic rings. The molecule has 0 aliphatic heterocycles. The Kier molecular flexibility index (Phi) is 5.04. The molecule has 0 atom stereocenters. The van der Waals surface area contributed by atoms with Crippen molar-refractivity contribution in [2.24, 2.45) is 5.73 Å². The van der Waals surface area contributed by atoms with Crippen LogP contribution in [0.4, 0.5) is 0 Å². The number of hydrogen-bond donors (Lipinski definition) is 1. The van der Waals surface area contributed by atoms with E-state index < -0.39 is 0 Å². The highest BCUT2D eigenvalue weighted by atomic mass is 32.1. The molecule has 0 saturated heterocycles. The average molecular weight is 183 g/mol. The maximum atomic E-state index is 5.63. The highest BCUT2D eigenvalue weighted by Crippen LogP contribution is 2.14. The molecule has 0 radical (unpaired) electrons. The van der Waals surface area contributed by atoms with Crippen LogP contribution in [0.2, 0.25) is 0 Å². The number of rotatable bonds is 0. The van der Waals surface area contributed by atoms with Crippen molar-refractivity contribution >= 4 is 11.3 Å². The normalized spacial score (nSPS) is 18.1. The maximum absolute atomic E-state index is 5.63. The van der Waals surface area contributed by atoms with Gasteiger partial charge in [0.1, 0.15) is 0 Å². The summed E-state index contributed by atoms with van der Waals surface area (Å²) in [6, 6.07) is 4.57. The minimum absolute atomic E-state index is 0.536. The minimum atomic E-state index is 0.536. The predicted molar refractivity (Wildman–Crippen MR) is 55.4 cm³/mol. The topological polar surface area (TPSA) is 26.0 Å². The fraction of sp³-hybridized carbons (Fsp3) is 0.600.